The van der Waals surface area contributed by atoms with E-state index < -0.39 is 0 Å². The van der Waals surface area contributed by atoms with Crippen LogP contribution in [0.4, 0.5) is 5.69 Å². The van der Waals surface area contributed by atoms with Crippen molar-refractivity contribution < 1.29 is 4.79 Å². The first-order chi connectivity index (χ1) is 9.25. The van der Waals surface area contributed by atoms with Gasteiger partial charge in [-0.3, -0.25) is 4.79 Å². The van der Waals surface area contributed by atoms with Gasteiger partial charge in [-0.15, -0.1) is 0 Å². The molecule has 0 atom stereocenters. The highest BCUT2D eigenvalue weighted by molar-refractivity contribution is 5.98. The van der Waals surface area contributed by atoms with Gasteiger partial charge < -0.3 is 11.1 Å². The summed E-state index contributed by atoms with van der Waals surface area (Å²) in [5.74, 6) is 0.134. The van der Waals surface area contributed by atoms with E-state index in [0.717, 1.165) is 0 Å². The Morgan fingerprint density at radius 1 is 1.16 bits per heavy atom. The molecule has 2 rings (SSSR count). The molecule has 1 aliphatic carbocycles. The van der Waals surface area contributed by atoms with E-state index in [2.05, 4.69) is 5.32 Å². The molecule has 0 unspecified atom stereocenters. The van der Waals surface area contributed by atoms with Crippen LogP contribution in [0.1, 0.15) is 55.3 Å². The van der Waals surface area contributed by atoms with Gasteiger partial charge in [0.05, 0.1) is 6.54 Å². The number of carbonyl (C=O) groups is 1. The minimum Gasteiger partial charge on any atom is -0.399 e. The molecule has 0 aromatic heterocycles. The lowest BCUT2D eigenvalue weighted by Crippen LogP contribution is -2.34. The largest absolute Gasteiger partial charge is 0.399 e. The number of rotatable bonds is 4. The summed E-state index contributed by atoms with van der Waals surface area (Å²) in [7, 11) is 0. The molecule has 0 heterocycles. The second-order valence-electron chi connectivity index (χ2n) is 5.47. The zero-order valence-electron chi connectivity index (χ0n) is 11.5. The van der Waals surface area contributed by atoms with E-state index in [1.54, 1.807) is 12.1 Å². The highest BCUT2D eigenvalue weighted by Crippen LogP contribution is 2.17. The summed E-state index contributed by atoms with van der Waals surface area (Å²) in [6, 6.07) is 7.73. The number of hydrogen-bond acceptors (Lipinski definition) is 3. The summed E-state index contributed by atoms with van der Waals surface area (Å²) in [5.41, 5.74) is 7.06. The van der Waals surface area contributed by atoms with Gasteiger partial charge in [-0.05, 0) is 25.0 Å². The average molecular weight is 260 g/mol. The van der Waals surface area contributed by atoms with Crippen LogP contribution in [0, 0.1) is 0 Å². The molecular weight excluding hydrogens is 236 g/mol. The summed E-state index contributed by atoms with van der Waals surface area (Å²) in [4.78, 5) is 12.1. The van der Waals surface area contributed by atoms with Gasteiger partial charge in [0, 0.05) is 17.3 Å². The lowest BCUT2D eigenvalue weighted by atomic mass is 9.96. The minimum atomic E-state index is 0.134. The van der Waals surface area contributed by atoms with Crippen molar-refractivity contribution in [2.45, 2.75) is 51.0 Å². The Balaban J connectivity index is 1.82. The van der Waals surface area contributed by atoms with Crippen molar-refractivity contribution in [2.75, 3.05) is 12.3 Å². The zero-order chi connectivity index (χ0) is 13.5. The Labute approximate surface area is 115 Å². The molecule has 1 saturated carbocycles. The standard InChI is InChI=1S/C16H24N2O/c17-14-8-6-7-13(11-14)16(19)12-18-15-9-4-2-1-3-5-10-15/h6-8,11,15,18H,1-5,9-10,12,17H2. The molecule has 3 heteroatoms. The molecule has 1 aliphatic rings. The molecule has 1 aromatic carbocycles. The maximum Gasteiger partial charge on any atom is 0.176 e. The quantitative estimate of drug-likeness (QED) is 0.646. The van der Waals surface area contributed by atoms with Crippen molar-refractivity contribution in [3.05, 3.63) is 29.8 Å². The second kappa shape index (κ2) is 7.29. The average Bonchev–Trinajstić information content (AvgIpc) is 2.37. The van der Waals surface area contributed by atoms with Crippen LogP contribution in [-0.2, 0) is 0 Å². The predicted molar refractivity (Wildman–Crippen MR) is 79.3 cm³/mol. The van der Waals surface area contributed by atoms with Gasteiger partial charge in [0.25, 0.3) is 0 Å². The van der Waals surface area contributed by atoms with E-state index in [-0.39, 0.29) is 5.78 Å². The number of carbonyl (C=O) groups excluding carboxylic acids is 1. The minimum absolute atomic E-state index is 0.134. The Morgan fingerprint density at radius 3 is 2.53 bits per heavy atom. The summed E-state index contributed by atoms with van der Waals surface area (Å²) in [6.45, 7) is 0.425. The van der Waals surface area contributed by atoms with Crippen molar-refractivity contribution in [1.82, 2.24) is 5.32 Å². The molecule has 0 aliphatic heterocycles. The number of ketones is 1. The highest BCUT2D eigenvalue weighted by atomic mass is 16.1. The maximum absolute atomic E-state index is 12.1. The smallest absolute Gasteiger partial charge is 0.176 e. The topological polar surface area (TPSA) is 55.1 Å². The highest BCUT2D eigenvalue weighted by Gasteiger charge is 2.13. The fraction of sp³-hybridized carbons (Fsp3) is 0.562. The monoisotopic (exact) mass is 260 g/mol. The van der Waals surface area contributed by atoms with Crippen molar-refractivity contribution in [2.24, 2.45) is 0 Å². The van der Waals surface area contributed by atoms with Gasteiger partial charge in [0.15, 0.2) is 5.78 Å². The summed E-state index contributed by atoms with van der Waals surface area (Å²) < 4.78 is 0. The molecule has 19 heavy (non-hydrogen) atoms. The number of benzene rings is 1. The van der Waals surface area contributed by atoms with Gasteiger partial charge in [0.1, 0.15) is 0 Å². The van der Waals surface area contributed by atoms with E-state index in [9.17, 15) is 4.79 Å². The number of hydrogen-bond donors (Lipinski definition) is 2. The van der Waals surface area contributed by atoms with Gasteiger partial charge in [0.2, 0.25) is 0 Å². The molecule has 0 spiro atoms. The number of nitrogens with two attached hydrogens (primary N) is 1. The molecule has 0 bridgehead atoms. The van der Waals surface area contributed by atoms with Crippen LogP contribution in [0.5, 0.6) is 0 Å². The molecule has 1 aromatic rings. The second-order valence-corrected chi connectivity index (χ2v) is 5.47. The van der Waals surface area contributed by atoms with Crippen LogP contribution >= 0.6 is 0 Å². The summed E-state index contributed by atoms with van der Waals surface area (Å²) in [6.07, 6.45) is 9.00. The van der Waals surface area contributed by atoms with Crippen molar-refractivity contribution in [3.8, 4) is 0 Å². The predicted octanol–water partition coefficient (Wildman–Crippen LogP) is 3.15. The van der Waals surface area contributed by atoms with E-state index in [1.807, 2.05) is 12.1 Å². The van der Waals surface area contributed by atoms with Crippen molar-refractivity contribution in [1.29, 1.82) is 0 Å². The number of nitrogen functional groups attached to an aromatic ring is 1. The van der Waals surface area contributed by atoms with Crippen LogP contribution in [0.25, 0.3) is 0 Å². The first-order valence-corrected chi connectivity index (χ1v) is 7.38. The third-order valence-electron chi connectivity index (χ3n) is 3.87. The van der Waals surface area contributed by atoms with E-state index >= 15 is 0 Å². The van der Waals surface area contributed by atoms with Gasteiger partial charge in [-0.1, -0.05) is 44.2 Å². The first kappa shape index (κ1) is 14.1. The normalized spacial score (nSPS) is 17.7. The third-order valence-corrected chi connectivity index (χ3v) is 3.87. The molecule has 0 radical (unpaired) electrons. The van der Waals surface area contributed by atoms with Crippen molar-refractivity contribution >= 4 is 11.5 Å². The van der Waals surface area contributed by atoms with Crippen LogP contribution in [0.15, 0.2) is 24.3 Å². The van der Waals surface area contributed by atoms with Crippen LogP contribution < -0.4 is 11.1 Å². The SMILES string of the molecule is Nc1cccc(C(=O)CNC2CCCCCCC2)c1. The molecule has 3 nitrogen and oxygen atoms in total. The van der Waals surface area contributed by atoms with E-state index in [1.165, 1.54) is 44.9 Å². The fourth-order valence-electron chi connectivity index (χ4n) is 2.71. The summed E-state index contributed by atoms with van der Waals surface area (Å²) in [5, 5.41) is 3.42. The van der Waals surface area contributed by atoms with E-state index in [0.29, 0.717) is 23.8 Å². The fourth-order valence-corrected chi connectivity index (χ4v) is 2.71. The molecule has 3 N–H and O–H groups in total. The molecule has 1 fully saturated rings. The third kappa shape index (κ3) is 4.67. The molecule has 104 valence electrons. The van der Waals surface area contributed by atoms with Gasteiger partial charge in [-0.2, -0.15) is 0 Å². The number of anilines is 1. The van der Waals surface area contributed by atoms with Gasteiger partial charge in [-0.25, -0.2) is 0 Å². The molecule has 0 saturated heterocycles. The zero-order valence-corrected chi connectivity index (χ0v) is 11.5. The van der Waals surface area contributed by atoms with Crippen LogP contribution in [0.3, 0.4) is 0 Å². The first-order valence-electron chi connectivity index (χ1n) is 7.38. The molecular formula is C16H24N2O. The number of nitrogens with one attached hydrogen (secondary N) is 1. The molecule has 0 amide bonds. The number of Topliss-reactive ketones (excluding diaryl/α,β-unsaturated/α-hetero) is 1. The van der Waals surface area contributed by atoms with Gasteiger partial charge >= 0.3 is 0 Å². The lowest BCUT2D eigenvalue weighted by Gasteiger charge is -2.20. The Hall–Kier alpha value is -1.35. The lowest BCUT2D eigenvalue weighted by molar-refractivity contribution is 0.0985. The maximum atomic E-state index is 12.1. The Kier molecular flexibility index (Phi) is 5.40. The van der Waals surface area contributed by atoms with E-state index in [4.69, 9.17) is 5.73 Å². The summed E-state index contributed by atoms with van der Waals surface area (Å²) >= 11 is 0. The Bertz CT molecular complexity index is 409. The Morgan fingerprint density at radius 2 is 1.84 bits per heavy atom. The van der Waals surface area contributed by atoms with Crippen LogP contribution in [0.2, 0.25) is 0 Å². The van der Waals surface area contributed by atoms with Crippen molar-refractivity contribution in [3.63, 3.8) is 0 Å². The van der Waals surface area contributed by atoms with Crippen LogP contribution in [-0.4, -0.2) is 18.4 Å².